The molecule has 160 valence electrons. The summed E-state index contributed by atoms with van der Waals surface area (Å²) in [7, 11) is 1.48. The number of allylic oxidation sites excluding steroid dienone is 1. The molecule has 1 aliphatic heterocycles. The fourth-order valence-electron chi connectivity index (χ4n) is 3.73. The maximum atomic E-state index is 12.7. The predicted molar refractivity (Wildman–Crippen MR) is 115 cm³/mol. The van der Waals surface area contributed by atoms with E-state index in [-0.39, 0.29) is 11.8 Å². The molecule has 0 spiro atoms. The van der Waals surface area contributed by atoms with Gasteiger partial charge in [0.15, 0.2) is 11.5 Å². The molecular weight excluding hydrogens is 396 g/mol. The van der Waals surface area contributed by atoms with E-state index in [1.807, 2.05) is 45.0 Å². The van der Waals surface area contributed by atoms with Crippen LogP contribution in [0.4, 0.5) is 4.79 Å². The van der Waals surface area contributed by atoms with Crippen LogP contribution in [0.3, 0.4) is 0 Å². The summed E-state index contributed by atoms with van der Waals surface area (Å²) in [5.41, 5.74) is 4.04. The molecule has 2 amide bonds. The van der Waals surface area contributed by atoms with Gasteiger partial charge in [-0.3, -0.25) is 4.90 Å². The number of aromatic nitrogens is 2. The number of carbonyl (C=O) groups excluding carboxylic acids is 1. The number of rotatable bonds is 5. The second kappa shape index (κ2) is 8.14. The highest BCUT2D eigenvalue weighted by Crippen LogP contribution is 2.39. The standard InChI is InChI=1S/C23H24N4O4/c1-5-27-14(3)19(22-25-21(26-31-22)15-8-6-13(2)7-9-15)20(24-23(27)29)16-10-11-18(30-4)17(28)12-16/h6-12,20,28H,5H2,1-4H3,(H,24,29). The van der Waals surface area contributed by atoms with Crippen molar-refractivity contribution in [2.24, 2.45) is 0 Å². The van der Waals surface area contributed by atoms with Crippen molar-refractivity contribution in [2.45, 2.75) is 26.8 Å². The van der Waals surface area contributed by atoms with E-state index in [2.05, 4.69) is 15.5 Å². The summed E-state index contributed by atoms with van der Waals surface area (Å²) in [6.45, 7) is 6.24. The number of nitrogens with zero attached hydrogens (tertiary/aromatic N) is 3. The van der Waals surface area contributed by atoms with E-state index in [4.69, 9.17) is 9.26 Å². The van der Waals surface area contributed by atoms with Gasteiger partial charge >= 0.3 is 6.03 Å². The summed E-state index contributed by atoms with van der Waals surface area (Å²) in [5, 5.41) is 17.4. The van der Waals surface area contributed by atoms with Crippen molar-refractivity contribution in [1.29, 1.82) is 0 Å². The van der Waals surface area contributed by atoms with E-state index >= 15 is 0 Å². The Morgan fingerprint density at radius 1 is 1.19 bits per heavy atom. The molecule has 8 nitrogen and oxygen atoms in total. The number of phenols is 1. The molecule has 31 heavy (non-hydrogen) atoms. The third-order valence-corrected chi connectivity index (χ3v) is 5.41. The number of aryl methyl sites for hydroxylation is 1. The number of phenolic OH excluding ortho intramolecular Hbond substituents is 1. The van der Waals surface area contributed by atoms with Crippen LogP contribution < -0.4 is 10.1 Å². The van der Waals surface area contributed by atoms with Crippen LogP contribution in [0.1, 0.15) is 36.9 Å². The average molecular weight is 420 g/mol. The maximum absolute atomic E-state index is 12.7. The van der Waals surface area contributed by atoms with Gasteiger partial charge in [-0.2, -0.15) is 4.98 Å². The molecule has 0 saturated carbocycles. The first-order valence-corrected chi connectivity index (χ1v) is 9.99. The molecule has 0 radical (unpaired) electrons. The molecule has 8 heteroatoms. The molecule has 0 aliphatic carbocycles. The third kappa shape index (κ3) is 3.72. The van der Waals surface area contributed by atoms with Gasteiger partial charge in [0, 0.05) is 17.8 Å². The Kier molecular flexibility index (Phi) is 5.37. The summed E-state index contributed by atoms with van der Waals surface area (Å²) in [6, 6.07) is 12.0. The van der Waals surface area contributed by atoms with Crippen molar-refractivity contribution >= 4 is 11.6 Å². The summed E-state index contributed by atoms with van der Waals surface area (Å²) >= 11 is 0. The molecule has 2 heterocycles. The summed E-state index contributed by atoms with van der Waals surface area (Å²) in [6.07, 6.45) is 0. The van der Waals surface area contributed by atoms with Crippen molar-refractivity contribution in [2.75, 3.05) is 13.7 Å². The molecule has 2 aromatic carbocycles. The van der Waals surface area contributed by atoms with Crippen molar-refractivity contribution in [3.8, 4) is 22.9 Å². The van der Waals surface area contributed by atoms with E-state index in [1.165, 1.54) is 7.11 Å². The van der Waals surface area contributed by atoms with E-state index in [9.17, 15) is 9.90 Å². The fraction of sp³-hybridized carbons (Fsp3) is 0.261. The topological polar surface area (TPSA) is 101 Å². The van der Waals surface area contributed by atoms with Crippen LogP contribution in [-0.4, -0.2) is 39.8 Å². The van der Waals surface area contributed by atoms with Gasteiger partial charge in [-0.15, -0.1) is 0 Å². The zero-order valence-corrected chi connectivity index (χ0v) is 17.8. The Bertz CT molecular complexity index is 1150. The highest BCUT2D eigenvalue weighted by Gasteiger charge is 2.35. The zero-order chi connectivity index (χ0) is 22.1. The molecule has 0 saturated heterocycles. The Morgan fingerprint density at radius 2 is 1.94 bits per heavy atom. The quantitative estimate of drug-likeness (QED) is 0.639. The van der Waals surface area contributed by atoms with Crippen LogP contribution in [0.25, 0.3) is 17.0 Å². The first-order chi connectivity index (χ1) is 14.9. The first-order valence-electron chi connectivity index (χ1n) is 9.99. The van der Waals surface area contributed by atoms with Gasteiger partial charge in [0.1, 0.15) is 0 Å². The van der Waals surface area contributed by atoms with Gasteiger partial charge < -0.3 is 19.7 Å². The molecule has 4 rings (SSSR count). The Labute approximate surface area is 180 Å². The van der Waals surface area contributed by atoms with Gasteiger partial charge in [-0.25, -0.2) is 4.79 Å². The van der Waals surface area contributed by atoms with Gasteiger partial charge in [-0.05, 0) is 38.5 Å². The predicted octanol–water partition coefficient (Wildman–Crippen LogP) is 4.28. The van der Waals surface area contributed by atoms with Crippen LogP contribution >= 0.6 is 0 Å². The largest absolute Gasteiger partial charge is 0.504 e. The third-order valence-electron chi connectivity index (χ3n) is 5.41. The van der Waals surface area contributed by atoms with Crippen molar-refractivity contribution in [3.63, 3.8) is 0 Å². The average Bonchev–Trinajstić information content (AvgIpc) is 3.23. The number of hydrogen-bond donors (Lipinski definition) is 2. The minimum absolute atomic E-state index is 0.0185. The van der Waals surface area contributed by atoms with Crippen molar-refractivity contribution in [3.05, 3.63) is 65.2 Å². The number of hydrogen-bond acceptors (Lipinski definition) is 6. The van der Waals surface area contributed by atoms with E-state index in [1.54, 1.807) is 23.1 Å². The maximum Gasteiger partial charge on any atom is 0.322 e. The molecule has 3 aromatic rings. The lowest BCUT2D eigenvalue weighted by molar-refractivity contribution is 0.207. The summed E-state index contributed by atoms with van der Waals surface area (Å²) < 4.78 is 10.8. The minimum atomic E-state index is -0.571. The van der Waals surface area contributed by atoms with Crippen LogP contribution in [-0.2, 0) is 0 Å². The Morgan fingerprint density at radius 3 is 2.58 bits per heavy atom. The van der Waals surface area contributed by atoms with Gasteiger partial charge in [-0.1, -0.05) is 41.1 Å². The molecule has 1 atom stereocenters. The summed E-state index contributed by atoms with van der Waals surface area (Å²) in [4.78, 5) is 18.9. The van der Waals surface area contributed by atoms with Crippen LogP contribution in [0.15, 0.2) is 52.7 Å². The van der Waals surface area contributed by atoms with E-state index < -0.39 is 6.04 Å². The number of carbonyl (C=O) groups is 1. The first kappa shape index (κ1) is 20.5. The lowest BCUT2D eigenvalue weighted by atomic mass is 9.94. The fourth-order valence-corrected chi connectivity index (χ4v) is 3.73. The normalized spacial score (nSPS) is 16.5. The molecule has 0 bridgehead atoms. The number of aromatic hydroxyl groups is 1. The molecule has 0 fully saturated rings. The van der Waals surface area contributed by atoms with Crippen molar-refractivity contribution < 1.29 is 19.2 Å². The monoisotopic (exact) mass is 420 g/mol. The van der Waals surface area contributed by atoms with Gasteiger partial charge in [0.2, 0.25) is 5.82 Å². The number of urea groups is 1. The van der Waals surface area contributed by atoms with Gasteiger partial charge in [0.05, 0.1) is 18.7 Å². The molecule has 1 unspecified atom stereocenters. The van der Waals surface area contributed by atoms with E-state index in [0.717, 1.165) is 11.1 Å². The number of benzene rings is 2. The number of amides is 2. The number of ether oxygens (including phenoxy) is 1. The Balaban J connectivity index is 1.81. The second-order valence-electron chi connectivity index (χ2n) is 7.35. The highest BCUT2D eigenvalue weighted by atomic mass is 16.5. The second-order valence-corrected chi connectivity index (χ2v) is 7.35. The van der Waals surface area contributed by atoms with Crippen LogP contribution in [0, 0.1) is 6.92 Å². The van der Waals surface area contributed by atoms with Crippen LogP contribution in [0.5, 0.6) is 11.5 Å². The van der Waals surface area contributed by atoms with Crippen LogP contribution in [0.2, 0.25) is 0 Å². The zero-order valence-electron chi connectivity index (χ0n) is 17.8. The Hall–Kier alpha value is -3.81. The summed E-state index contributed by atoms with van der Waals surface area (Å²) in [5.74, 6) is 1.11. The lowest BCUT2D eigenvalue weighted by Gasteiger charge is -2.34. The van der Waals surface area contributed by atoms with Gasteiger partial charge in [0.25, 0.3) is 5.89 Å². The molecule has 1 aliphatic rings. The minimum Gasteiger partial charge on any atom is -0.504 e. The van der Waals surface area contributed by atoms with E-state index in [0.29, 0.717) is 40.8 Å². The lowest BCUT2D eigenvalue weighted by Crippen LogP contribution is -2.45. The number of nitrogens with one attached hydrogen (secondary N) is 1. The highest BCUT2D eigenvalue weighted by molar-refractivity contribution is 5.87. The smallest absolute Gasteiger partial charge is 0.322 e. The molecule has 1 aromatic heterocycles. The van der Waals surface area contributed by atoms with Crippen molar-refractivity contribution in [1.82, 2.24) is 20.4 Å². The molecule has 2 N–H and O–H groups in total. The SMILES string of the molecule is CCN1C(=O)NC(c2ccc(OC)c(O)c2)C(c2nc(-c3ccc(C)cc3)no2)=C1C. The number of methoxy groups -OCH3 is 1. The molecular formula is C23H24N4O4.